The van der Waals surface area contributed by atoms with Gasteiger partial charge in [-0.15, -0.1) is 0 Å². The molecule has 0 spiro atoms. The Bertz CT molecular complexity index is 498. The Morgan fingerprint density at radius 1 is 1.39 bits per heavy atom. The molecular formula is C13H17N3OS. The highest BCUT2D eigenvalue weighted by atomic mass is 32.1. The molecule has 1 aromatic carbocycles. The monoisotopic (exact) mass is 263 g/mol. The van der Waals surface area contributed by atoms with Crippen LogP contribution in [0.5, 0.6) is 0 Å². The van der Waals surface area contributed by atoms with Crippen LogP contribution in [-0.4, -0.2) is 23.1 Å². The van der Waals surface area contributed by atoms with E-state index < -0.39 is 0 Å². The Hall–Kier alpha value is -1.46. The molecular weight excluding hydrogens is 246 g/mol. The van der Waals surface area contributed by atoms with Crippen molar-refractivity contribution in [2.75, 3.05) is 19.0 Å². The van der Waals surface area contributed by atoms with Gasteiger partial charge in [0, 0.05) is 31.6 Å². The highest BCUT2D eigenvalue weighted by Crippen LogP contribution is 2.13. The lowest BCUT2D eigenvalue weighted by molar-refractivity contribution is 0.201. The minimum absolute atomic E-state index is 0.661. The summed E-state index contributed by atoms with van der Waals surface area (Å²) in [7, 11) is 1.68. The fourth-order valence-corrected chi connectivity index (χ4v) is 2.23. The molecule has 1 heterocycles. The van der Waals surface area contributed by atoms with E-state index in [0.29, 0.717) is 6.61 Å². The molecule has 0 aliphatic rings. The molecule has 0 amide bonds. The Morgan fingerprint density at radius 2 is 2.28 bits per heavy atom. The number of anilines is 1. The van der Waals surface area contributed by atoms with E-state index in [1.807, 2.05) is 0 Å². The van der Waals surface area contributed by atoms with Gasteiger partial charge in [0.05, 0.1) is 6.61 Å². The first-order valence-electron chi connectivity index (χ1n) is 5.89. The number of aryl methyl sites for hydroxylation is 1. The summed E-state index contributed by atoms with van der Waals surface area (Å²) in [6.07, 6.45) is 0.763. The zero-order chi connectivity index (χ0) is 12.8. The molecule has 0 atom stereocenters. The number of nitrogens with one attached hydrogen (secondary N) is 1. The highest BCUT2D eigenvalue weighted by Gasteiger charge is 2.03. The van der Waals surface area contributed by atoms with Crippen molar-refractivity contribution >= 4 is 16.7 Å². The second-order valence-electron chi connectivity index (χ2n) is 4.10. The fourth-order valence-electron chi connectivity index (χ4n) is 1.62. The van der Waals surface area contributed by atoms with Crippen LogP contribution in [0.2, 0.25) is 0 Å². The SMILES string of the molecule is COCCc1nsc(NCc2cccc(C)c2)n1. The Balaban J connectivity index is 1.88. The number of hydrogen-bond donors (Lipinski definition) is 1. The van der Waals surface area contributed by atoms with Gasteiger partial charge in [0.1, 0.15) is 5.82 Å². The zero-order valence-corrected chi connectivity index (χ0v) is 11.5. The lowest BCUT2D eigenvalue weighted by Gasteiger charge is -2.03. The van der Waals surface area contributed by atoms with Crippen LogP contribution in [0.4, 0.5) is 5.13 Å². The van der Waals surface area contributed by atoms with Gasteiger partial charge in [-0.1, -0.05) is 29.8 Å². The van der Waals surface area contributed by atoms with Gasteiger partial charge in [0.25, 0.3) is 0 Å². The van der Waals surface area contributed by atoms with Crippen molar-refractivity contribution in [2.45, 2.75) is 19.9 Å². The van der Waals surface area contributed by atoms with Crippen molar-refractivity contribution in [3.8, 4) is 0 Å². The third kappa shape index (κ3) is 3.78. The van der Waals surface area contributed by atoms with Crippen molar-refractivity contribution in [1.29, 1.82) is 0 Å². The molecule has 0 aliphatic carbocycles. The molecule has 2 aromatic rings. The predicted octanol–water partition coefficient (Wildman–Crippen LogP) is 2.65. The lowest BCUT2D eigenvalue weighted by Crippen LogP contribution is -2.00. The van der Waals surface area contributed by atoms with E-state index in [2.05, 4.69) is 45.9 Å². The molecule has 96 valence electrons. The zero-order valence-electron chi connectivity index (χ0n) is 10.6. The molecule has 0 unspecified atom stereocenters. The lowest BCUT2D eigenvalue weighted by atomic mass is 10.1. The average molecular weight is 263 g/mol. The van der Waals surface area contributed by atoms with E-state index >= 15 is 0 Å². The van der Waals surface area contributed by atoms with E-state index in [4.69, 9.17) is 4.74 Å². The standard InChI is InChI=1S/C13H17N3OS/c1-10-4-3-5-11(8-10)9-14-13-15-12(16-18-13)6-7-17-2/h3-5,8H,6-7,9H2,1-2H3,(H,14,15,16). The number of rotatable bonds is 6. The molecule has 0 aliphatic heterocycles. The summed E-state index contributed by atoms with van der Waals surface area (Å²) in [5.74, 6) is 0.841. The van der Waals surface area contributed by atoms with Gasteiger partial charge in [-0.25, -0.2) is 4.98 Å². The van der Waals surface area contributed by atoms with Crippen molar-refractivity contribution in [3.63, 3.8) is 0 Å². The van der Waals surface area contributed by atoms with Crippen molar-refractivity contribution in [3.05, 3.63) is 41.2 Å². The van der Waals surface area contributed by atoms with E-state index in [1.165, 1.54) is 22.7 Å². The van der Waals surface area contributed by atoms with E-state index in [9.17, 15) is 0 Å². The molecule has 0 fully saturated rings. The topological polar surface area (TPSA) is 47.0 Å². The average Bonchev–Trinajstić information content (AvgIpc) is 2.82. The first kappa shape index (κ1) is 13.0. The van der Waals surface area contributed by atoms with Crippen molar-refractivity contribution in [2.24, 2.45) is 0 Å². The molecule has 18 heavy (non-hydrogen) atoms. The van der Waals surface area contributed by atoms with Gasteiger partial charge in [0.15, 0.2) is 0 Å². The normalized spacial score (nSPS) is 10.6. The molecule has 1 N–H and O–H groups in total. The maximum Gasteiger partial charge on any atom is 0.202 e. The second-order valence-corrected chi connectivity index (χ2v) is 4.85. The summed E-state index contributed by atoms with van der Waals surface area (Å²) in [5, 5.41) is 4.15. The van der Waals surface area contributed by atoms with Gasteiger partial charge in [0.2, 0.25) is 5.13 Å². The maximum atomic E-state index is 5.00. The van der Waals surface area contributed by atoms with Gasteiger partial charge in [-0.2, -0.15) is 4.37 Å². The summed E-state index contributed by atoms with van der Waals surface area (Å²) in [4.78, 5) is 4.40. The van der Waals surface area contributed by atoms with Gasteiger partial charge < -0.3 is 10.1 Å². The first-order chi connectivity index (χ1) is 8.78. The predicted molar refractivity (Wildman–Crippen MR) is 74.0 cm³/mol. The maximum absolute atomic E-state index is 5.00. The fraction of sp³-hybridized carbons (Fsp3) is 0.385. The van der Waals surface area contributed by atoms with Crippen LogP contribution in [-0.2, 0) is 17.7 Å². The van der Waals surface area contributed by atoms with Crippen LogP contribution in [0, 0.1) is 6.92 Å². The Labute approximate surface area is 111 Å². The Morgan fingerprint density at radius 3 is 3.06 bits per heavy atom. The molecule has 2 rings (SSSR count). The highest BCUT2D eigenvalue weighted by molar-refractivity contribution is 7.09. The molecule has 5 heteroatoms. The van der Waals surface area contributed by atoms with Crippen molar-refractivity contribution in [1.82, 2.24) is 9.36 Å². The molecule has 0 saturated heterocycles. The van der Waals surface area contributed by atoms with Crippen LogP contribution in [0.25, 0.3) is 0 Å². The largest absolute Gasteiger partial charge is 0.384 e. The van der Waals surface area contributed by atoms with Crippen LogP contribution < -0.4 is 5.32 Å². The number of aromatic nitrogens is 2. The third-order valence-corrected chi connectivity index (χ3v) is 3.23. The Kier molecular flexibility index (Phi) is 4.66. The minimum Gasteiger partial charge on any atom is -0.384 e. The molecule has 0 saturated carbocycles. The van der Waals surface area contributed by atoms with E-state index in [1.54, 1.807) is 7.11 Å². The second kappa shape index (κ2) is 6.47. The van der Waals surface area contributed by atoms with Crippen LogP contribution in [0.1, 0.15) is 17.0 Å². The van der Waals surface area contributed by atoms with Gasteiger partial charge in [-0.3, -0.25) is 0 Å². The number of hydrogen-bond acceptors (Lipinski definition) is 5. The summed E-state index contributed by atoms with van der Waals surface area (Å²) in [6.45, 7) is 3.53. The number of nitrogens with zero attached hydrogens (tertiary/aromatic N) is 2. The van der Waals surface area contributed by atoms with Crippen molar-refractivity contribution < 1.29 is 4.74 Å². The summed E-state index contributed by atoms with van der Waals surface area (Å²) in [5.41, 5.74) is 2.52. The summed E-state index contributed by atoms with van der Waals surface area (Å²) < 4.78 is 9.27. The smallest absolute Gasteiger partial charge is 0.202 e. The summed E-state index contributed by atoms with van der Waals surface area (Å²) >= 11 is 1.40. The molecule has 0 radical (unpaired) electrons. The van der Waals surface area contributed by atoms with E-state index in [0.717, 1.165) is 23.9 Å². The summed E-state index contributed by atoms with van der Waals surface area (Å²) in [6, 6.07) is 8.43. The minimum atomic E-state index is 0.661. The van der Waals surface area contributed by atoms with Gasteiger partial charge >= 0.3 is 0 Å². The first-order valence-corrected chi connectivity index (χ1v) is 6.66. The molecule has 1 aromatic heterocycles. The third-order valence-electron chi connectivity index (χ3n) is 2.52. The van der Waals surface area contributed by atoms with Crippen LogP contribution in [0.15, 0.2) is 24.3 Å². The van der Waals surface area contributed by atoms with Gasteiger partial charge in [-0.05, 0) is 12.5 Å². The number of ether oxygens (including phenoxy) is 1. The number of methoxy groups -OCH3 is 1. The quantitative estimate of drug-likeness (QED) is 0.870. The van der Waals surface area contributed by atoms with Crippen LogP contribution >= 0.6 is 11.5 Å². The van der Waals surface area contributed by atoms with E-state index in [-0.39, 0.29) is 0 Å². The molecule has 0 bridgehead atoms. The molecule has 4 nitrogen and oxygen atoms in total. The number of benzene rings is 1. The van der Waals surface area contributed by atoms with Crippen LogP contribution in [0.3, 0.4) is 0 Å².